The third-order valence-corrected chi connectivity index (χ3v) is 12.7. The van der Waals surface area contributed by atoms with Crippen LogP contribution in [0.1, 0.15) is 290 Å². The standard InChI is InChI=1S/C56H107NO4/c1-3-5-7-9-11-13-15-17-18-19-20-21-22-23-24-25-26-27-28-29-30-31-32-33-34-35-36-38-39-41-43-45-47-49-53(59)51-56(61)57-54(52-58)55(60)50-48-46-44-42-40-37-16-14-12-10-8-6-4-2/h12,14,40,42,48,50,53-55,58-60H,3-11,13,15-39,41,43-47,49,51-52H2,1-2H3,(H,57,61)/b14-12+,42-40+,50-48+. The van der Waals surface area contributed by atoms with E-state index < -0.39 is 18.2 Å². The lowest BCUT2D eigenvalue weighted by atomic mass is 10.0. The molecule has 0 spiro atoms. The Morgan fingerprint density at radius 2 is 0.705 bits per heavy atom. The lowest BCUT2D eigenvalue weighted by Gasteiger charge is -2.21. The Morgan fingerprint density at radius 3 is 1.05 bits per heavy atom. The highest BCUT2D eigenvalue weighted by Crippen LogP contribution is 2.18. The first-order chi connectivity index (χ1) is 30.0. The van der Waals surface area contributed by atoms with E-state index in [2.05, 4.69) is 43.5 Å². The topological polar surface area (TPSA) is 89.8 Å². The smallest absolute Gasteiger partial charge is 0.222 e. The molecule has 0 radical (unpaired) electrons. The number of aliphatic hydroxyl groups is 3. The van der Waals surface area contributed by atoms with E-state index in [9.17, 15) is 20.1 Å². The van der Waals surface area contributed by atoms with Crippen molar-refractivity contribution in [3.63, 3.8) is 0 Å². The van der Waals surface area contributed by atoms with Crippen LogP contribution in [0.2, 0.25) is 0 Å². The van der Waals surface area contributed by atoms with Gasteiger partial charge in [0, 0.05) is 0 Å². The molecule has 0 bridgehead atoms. The Balaban J connectivity index is 3.48. The Labute approximate surface area is 381 Å². The minimum absolute atomic E-state index is 0.00525. The van der Waals surface area contributed by atoms with Gasteiger partial charge >= 0.3 is 0 Å². The maximum Gasteiger partial charge on any atom is 0.222 e. The van der Waals surface area contributed by atoms with Crippen molar-refractivity contribution in [2.75, 3.05) is 6.61 Å². The number of aliphatic hydroxyl groups excluding tert-OH is 3. The molecule has 3 unspecified atom stereocenters. The highest BCUT2D eigenvalue weighted by Gasteiger charge is 2.20. The molecule has 0 aliphatic carbocycles. The van der Waals surface area contributed by atoms with Crippen LogP contribution in [-0.4, -0.2) is 46.1 Å². The summed E-state index contributed by atoms with van der Waals surface area (Å²) in [6.45, 7) is 4.18. The number of hydrogen-bond acceptors (Lipinski definition) is 4. The van der Waals surface area contributed by atoms with E-state index in [1.54, 1.807) is 6.08 Å². The van der Waals surface area contributed by atoms with Crippen LogP contribution < -0.4 is 5.32 Å². The Bertz CT molecular complexity index is 947. The van der Waals surface area contributed by atoms with E-state index in [1.165, 1.54) is 225 Å². The predicted molar refractivity (Wildman–Crippen MR) is 268 cm³/mol. The van der Waals surface area contributed by atoms with Crippen LogP contribution in [0, 0.1) is 0 Å². The van der Waals surface area contributed by atoms with Gasteiger partial charge in [-0.2, -0.15) is 0 Å². The summed E-state index contributed by atoms with van der Waals surface area (Å²) in [5.41, 5.74) is 0. The van der Waals surface area contributed by atoms with E-state index in [0.717, 1.165) is 38.5 Å². The molecule has 5 nitrogen and oxygen atoms in total. The van der Waals surface area contributed by atoms with Crippen molar-refractivity contribution >= 4 is 5.91 Å². The second-order valence-electron chi connectivity index (χ2n) is 18.8. The molecular weight excluding hydrogens is 751 g/mol. The summed E-state index contributed by atoms with van der Waals surface area (Å²) in [7, 11) is 0. The SMILES string of the molecule is CCCCC/C=C/CC/C=C/CC/C=C/C(O)C(CO)NC(=O)CC(O)CCCCCCCCCCCCCCCCCCCCCCCCCCCCCCCCCCC. The van der Waals surface area contributed by atoms with Crippen molar-refractivity contribution in [1.82, 2.24) is 5.32 Å². The van der Waals surface area contributed by atoms with Crippen LogP contribution in [0.25, 0.3) is 0 Å². The summed E-state index contributed by atoms with van der Waals surface area (Å²) in [4.78, 5) is 12.5. The van der Waals surface area contributed by atoms with Gasteiger partial charge < -0.3 is 20.6 Å². The second kappa shape index (κ2) is 51.2. The molecule has 61 heavy (non-hydrogen) atoms. The molecule has 0 saturated carbocycles. The lowest BCUT2D eigenvalue weighted by Crippen LogP contribution is -2.45. The number of carbonyl (C=O) groups excluding carboxylic acids is 1. The maximum atomic E-state index is 12.5. The van der Waals surface area contributed by atoms with Crippen molar-refractivity contribution in [2.45, 2.75) is 308 Å². The maximum absolute atomic E-state index is 12.5. The number of hydrogen-bond donors (Lipinski definition) is 4. The number of carbonyl (C=O) groups is 1. The van der Waals surface area contributed by atoms with Crippen LogP contribution >= 0.6 is 0 Å². The van der Waals surface area contributed by atoms with Crippen LogP contribution in [-0.2, 0) is 4.79 Å². The molecule has 4 N–H and O–H groups in total. The molecule has 360 valence electrons. The van der Waals surface area contributed by atoms with Gasteiger partial charge in [0.15, 0.2) is 0 Å². The third-order valence-electron chi connectivity index (χ3n) is 12.7. The fourth-order valence-electron chi connectivity index (χ4n) is 8.49. The first-order valence-electron chi connectivity index (χ1n) is 27.3. The molecule has 1 amide bonds. The number of unbranched alkanes of at least 4 members (excludes halogenated alkanes) is 37. The molecule has 0 aromatic carbocycles. The van der Waals surface area contributed by atoms with E-state index >= 15 is 0 Å². The first-order valence-corrected chi connectivity index (χ1v) is 27.3. The van der Waals surface area contributed by atoms with Gasteiger partial charge in [-0.25, -0.2) is 0 Å². The summed E-state index contributed by atoms with van der Waals surface area (Å²) in [6, 6.07) is -0.765. The van der Waals surface area contributed by atoms with Gasteiger partial charge in [0.05, 0.1) is 31.3 Å². The van der Waals surface area contributed by atoms with Gasteiger partial charge in [-0.3, -0.25) is 4.79 Å². The highest BCUT2D eigenvalue weighted by atomic mass is 16.3. The fraction of sp³-hybridized carbons (Fsp3) is 0.875. The Hall–Kier alpha value is -1.43. The van der Waals surface area contributed by atoms with Crippen LogP contribution in [0.5, 0.6) is 0 Å². The fourth-order valence-corrected chi connectivity index (χ4v) is 8.49. The van der Waals surface area contributed by atoms with Gasteiger partial charge in [-0.15, -0.1) is 0 Å². The molecule has 0 rings (SSSR count). The van der Waals surface area contributed by atoms with Crippen molar-refractivity contribution in [2.24, 2.45) is 0 Å². The monoisotopic (exact) mass is 858 g/mol. The van der Waals surface area contributed by atoms with Gasteiger partial charge in [0.25, 0.3) is 0 Å². The predicted octanol–water partition coefficient (Wildman–Crippen LogP) is 16.7. The number of nitrogens with one attached hydrogen (secondary N) is 1. The third kappa shape index (κ3) is 47.9. The van der Waals surface area contributed by atoms with Crippen LogP contribution in [0.15, 0.2) is 36.5 Å². The van der Waals surface area contributed by atoms with Gasteiger partial charge in [0.1, 0.15) is 0 Å². The molecule has 3 atom stereocenters. The lowest BCUT2D eigenvalue weighted by molar-refractivity contribution is -0.124. The van der Waals surface area contributed by atoms with Gasteiger partial charge in [-0.05, 0) is 44.9 Å². The molecule has 0 aliphatic rings. The van der Waals surface area contributed by atoms with E-state index in [1.807, 2.05) is 6.08 Å². The quantitative estimate of drug-likeness (QED) is 0.0362. The van der Waals surface area contributed by atoms with Gasteiger partial charge in [-0.1, -0.05) is 275 Å². The average Bonchev–Trinajstić information content (AvgIpc) is 3.25. The molecule has 5 heteroatoms. The van der Waals surface area contributed by atoms with Crippen molar-refractivity contribution in [3.8, 4) is 0 Å². The van der Waals surface area contributed by atoms with E-state index in [0.29, 0.717) is 6.42 Å². The molecule has 0 fully saturated rings. The first kappa shape index (κ1) is 59.6. The summed E-state index contributed by atoms with van der Waals surface area (Å²) in [5.74, 6) is -0.326. The molecular formula is C56H107NO4. The Kier molecular flexibility index (Phi) is 50.0. The summed E-state index contributed by atoms with van der Waals surface area (Å²) in [6.07, 6.45) is 66.4. The zero-order chi connectivity index (χ0) is 44.4. The van der Waals surface area contributed by atoms with Crippen molar-refractivity contribution in [3.05, 3.63) is 36.5 Å². The minimum Gasteiger partial charge on any atom is -0.394 e. The molecule has 0 saturated heterocycles. The number of rotatable bonds is 50. The summed E-state index contributed by atoms with van der Waals surface area (Å²) < 4.78 is 0. The van der Waals surface area contributed by atoms with E-state index in [4.69, 9.17) is 0 Å². The highest BCUT2D eigenvalue weighted by molar-refractivity contribution is 5.76. The summed E-state index contributed by atoms with van der Waals surface area (Å²) >= 11 is 0. The molecule has 0 aromatic rings. The average molecular weight is 858 g/mol. The zero-order valence-corrected chi connectivity index (χ0v) is 41.1. The van der Waals surface area contributed by atoms with Gasteiger partial charge in [0.2, 0.25) is 5.91 Å². The minimum atomic E-state index is -0.958. The molecule has 0 heterocycles. The Morgan fingerprint density at radius 1 is 0.410 bits per heavy atom. The van der Waals surface area contributed by atoms with E-state index in [-0.39, 0.29) is 18.9 Å². The summed E-state index contributed by atoms with van der Waals surface area (Å²) in [5, 5.41) is 33.3. The second-order valence-corrected chi connectivity index (χ2v) is 18.8. The molecule has 0 aromatic heterocycles. The van der Waals surface area contributed by atoms with Crippen LogP contribution in [0.3, 0.4) is 0 Å². The van der Waals surface area contributed by atoms with Crippen molar-refractivity contribution in [1.29, 1.82) is 0 Å². The normalized spacial score (nSPS) is 13.6. The zero-order valence-electron chi connectivity index (χ0n) is 41.1. The number of amides is 1. The largest absolute Gasteiger partial charge is 0.394 e. The molecule has 0 aliphatic heterocycles. The number of allylic oxidation sites excluding steroid dienone is 5. The van der Waals surface area contributed by atoms with Crippen LogP contribution in [0.4, 0.5) is 0 Å². The van der Waals surface area contributed by atoms with Crippen molar-refractivity contribution < 1.29 is 20.1 Å².